The van der Waals surface area contributed by atoms with Crippen LogP contribution in [-0.2, 0) is 10.5 Å². The molecule has 4 rings (SSSR count). The number of carbonyl (C=O) groups is 3. The number of imide groups is 1. The quantitative estimate of drug-likeness (QED) is 0.402. The number of nitrogens with one attached hydrogen (secondary N) is 1. The van der Waals surface area contributed by atoms with Crippen molar-refractivity contribution in [3.05, 3.63) is 89.2 Å². The van der Waals surface area contributed by atoms with Crippen LogP contribution in [0.4, 0.5) is 5.69 Å². The molecule has 0 spiro atoms. The van der Waals surface area contributed by atoms with Gasteiger partial charge in [-0.05, 0) is 61.4 Å². The predicted octanol–water partition coefficient (Wildman–Crippen LogP) is 4.70. The molecule has 0 atom stereocenters. The summed E-state index contributed by atoms with van der Waals surface area (Å²) in [5, 5.41) is 2.87. The topological polar surface area (TPSA) is 79.4 Å². The smallest absolute Gasteiger partial charge is 0.261 e. The highest BCUT2D eigenvalue weighted by atomic mass is 32.2. The second-order valence-electron chi connectivity index (χ2n) is 7.64. The number of pyridine rings is 1. The lowest BCUT2D eigenvalue weighted by molar-refractivity contribution is -0.116. The number of carbonyl (C=O) groups excluding carboxylic acids is 3. The second-order valence-corrected chi connectivity index (χ2v) is 8.69. The summed E-state index contributed by atoms with van der Waals surface area (Å²) in [6.07, 6.45) is 4.25. The number of benzene rings is 2. The minimum atomic E-state index is -0.287. The number of anilines is 1. The van der Waals surface area contributed by atoms with Crippen molar-refractivity contribution in [2.75, 3.05) is 11.9 Å². The van der Waals surface area contributed by atoms with E-state index in [1.165, 1.54) is 4.90 Å². The molecule has 2 aromatic carbocycles. The van der Waals surface area contributed by atoms with E-state index in [9.17, 15) is 14.4 Å². The summed E-state index contributed by atoms with van der Waals surface area (Å²) in [6, 6.07) is 16.9. The van der Waals surface area contributed by atoms with Crippen LogP contribution in [0.5, 0.6) is 0 Å². The Bertz CT molecular complexity index is 1150. The fourth-order valence-electron chi connectivity index (χ4n) is 3.51. The number of rotatable bonds is 8. The number of amides is 3. The zero-order valence-corrected chi connectivity index (χ0v) is 18.5. The lowest BCUT2D eigenvalue weighted by atomic mass is 10.1. The number of aromatic nitrogens is 1. The number of fused-ring (bicyclic) bond motifs is 1. The second kappa shape index (κ2) is 9.78. The van der Waals surface area contributed by atoms with Crippen molar-refractivity contribution in [2.45, 2.75) is 30.4 Å². The highest BCUT2D eigenvalue weighted by molar-refractivity contribution is 7.98. The first-order valence-electron chi connectivity index (χ1n) is 10.4. The monoisotopic (exact) mass is 445 g/mol. The largest absolute Gasteiger partial charge is 0.326 e. The zero-order valence-electron chi connectivity index (χ0n) is 17.7. The average Bonchev–Trinajstić information content (AvgIpc) is 3.03. The minimum absolute atomic E-state index is 0.145. The summed E-state index contributed by atoms with van der Waals surface area (Å²) in [6.45, 7) is 2.11. The molecular weight excluding hydrogens is 422 g/mol. The first-order chi connectivity index (χ1) is 15.5. The highest BCUT2D eigenvalue weighted by Crippen LogP contribution is 2.25. The van der Waals surface area contributed by atoms with Crippen LogP contribution in [0.25, 0.3) is 0 Å². The third kappa shape index (κ3) is 5.06. The van der Waals surface area contributed by atoms with E-state index in [0.29, 0.717) is 17.5 Å². The Hall–Kier alpha value is -3.45. The maximum atomic E-state index is 12.5. The van der Waals surface area contributed by atoms with E-state index in [-0.39, 0.29) is 30.7 Å². The highest BCUT2D eigenvalue weighted by Gasteiger charge is 2.34. The van der Waals surface area contributed by atoms with Crippen LogP contribution < -0.4 is 5.32 Å². The molecule has 0 aliphatic carbocycles. The van der Waals surface area contributed by atoms with Crippen LogP contribution in [0.15, 0.2) is 71.9 Å². The van der Waals surface area contributed by atoms with Gasteiger partial charge in [0.2, 0.25) is 5.91 Å². The van der Waals surface area contributed by atoms with Gasteiger partial charge in [0.05, 0.1) is 11.1 Å². The summed E-state index contributed by atoms with van der Waals surface area (Å²) < 4.78 is 0. The van der Waals surface area contributed by atoms with Gasteiger partial charge in [-0.25, -0.2) is 0 Å². The molecule has 1 aliphatic rings. The molecular formula is C25H23N3O3S. The molecule has 0 radical (unpaired) electrons. The van der Waals surface area contributed by atoms with Gasteiger partial charge in [0, 0.05) is 41.7 Å². The Balaban J connectivity index is 1.23. The summed E-state index contributed by atoms with van der Waals surface area (Å²) >= 11 is 1.70. The van der Waals surface area contributed by atoms with Gasteiger partial charge in [0.1, 0.15) is 0 Å². The van der Waals surface area contributed by atoms with E-state index < -0.39 is 0 Å². The maximum absolute atomic E-state index is 12.5. The van der Waals surface area contributed by atoms with Gasteiger partial charge in [-0.1, -0.05) is 17.7 Å². The molecule has 0 saturated heterocycles. The third-order valence-corrected chi connectivity index (χ3v) is 6.26. The van der Waals surface area contributed by atoms with Crippen LogP contribution in [-0.4, -0.2) is 34.2 Å². The van der Waals surface area contributed by atoms with E-state index in [0.717, 1.165) is 27.5 Å². The van der Waals surface area contributed by atoms with Gasteiger partial charge in [0.25, 0.3) is 11.8 Å². The molecule has 6 nitrogen and oxygen atoms in total. The van der Waals surface area contributed by atoms with Crippen LogP contribution in [0.1, 0.15) is 44.7 Å². The molecule has 0 fully saturated rings. The maximum Gasteiger partial charge on any atom is 0.261 e. The SMILES string of the molecule is Cc1ccc2c(c1)C(=O)N(CCCC(=O)Nc1ccc(SCc3cccnc3)cc1)C2=O. The molecule has 1 N–H and O–H groups in total. The zero-order chi connectivity index (χ0) is 22.5. The summed E-state index contributed by atoms with van der Waals surface area (Å²) in [4.78, 5) is 43.7. The number of hydrogen-bond acceptors (Lipinski definition) is 5. The van der Waals surface area contributed by atoms with Crippen molar-refractivity contribution in [3.63, 3.8) is 0 Å². The summed E-state index contributed by atoms with van der Waals surface area (Å²) in [5.41, 5.74) is 3.69. The number of hydrogen-bond donors (Lipinski definition) is 1. The van der Waals surface area contributed by atoms with Crippen molar-refractivity contribution < 1.29 is 14.4 Å². The van der Waals surface area contributed by atoms with E-state index in [1.54, 1.807) is 30.1 Å². The first-order valence-corrected chi connectivity index (χ1v) is 11.4. The van der Waals surface area contributed by atoms with Crippen molar-refractivity contribution in [2.24, 2.45) is 0 Å². The van der Waals surface area contributed by atoms with Crippen molar-refractivity contribution >= 4 is 35.2 Å². The lowest BCUT2D eigenvalue weighted by Gasteiger charge is -2.13. The minimum Gasteiger partial charge on any atom is -0.326 e. The first kappa shape index (κ1) is 21.8. The van der Waals surface area contributed by atoms with Crippen LogP contribution in [0.2, 0.25) is 0 Å². The van der Waals surface area contributed by atoms with Crippen molar-refractivity contribution in [3.8, 4) is 0 Å². The summed E-state index contributed by atoms with van der Waals surface area (Å²) in [5.74, 6) is 0.114. The molecule has 1 aliphatic heterocycles. The Labute approximate surface area is 191 Å². The van der Waals surface area contributed by atoms with Crippen LogP contribution in [0.3, 0.4) is 0 Å². The standard InChI is InChI=1S/C25H23N3O3S/c1-17-6-11-21-22(14-17)25(31)28(24(21)30)13-3-5-23(29)27-19-7-9-20(10-8-19)32-16-18-4-2-12-26-15-18/h2,4,6-12,14-15H,3,5,13,16H2,1H3,(H,27,29). The Morgan fingerprint density at radius 3 is 2.56 bits per heavy atom. The molecule has 32 heavy (non-hydrogen) atoms. The van der Waals surface area contributed by atoms with Crippen molar-refractivity contribution in [1.29, 1.82) is 0 Å². The molecule has 0 bridgehead atoms. The Kier molecular flexibility index (Phi) is 6.66. The van der Waals surface area contributed by atoms with Gasteiger partial charge in [-0.2, -0.15) is 0 Å². The Morgan fingerprint density at radius 2 is 1.81 bits per heavy atom. The molecule has 3 amide bonds. The molecule has 1 aromatic heterocycles. The van der Waals surface area contributed by atoms with E-state index in [1.807, 2.05) is 55.6 Å². The van der Waals surface area contributed by atoms with Crippen LogP contribution in [0, 0.1) is 6.92 Å². The molecule has 0 unspecified atom stereocenters. The average molecular weight is 446 g/mol. The number of nitrogens with zero attached hydrogens (tertiary/aromatic N) is 2. The van der Waals surface area contributed by atoms with Gasteiger partial charge in [0.15, 0.2) is 0 Å². The Morgan fingerprint density at radius 1 is 1.03 bits per heavy atom. The van der Waals surface area contributed by atoms with Gasteiger partial charge in [-0.3, -0.25) is 24.3 Å². The fraction of sp³-hybridized carbons (Fsp3) is 0.200. The third-order valence-electron chi connectivity index (χ3n) is 5.18. The molecule has 162 valence electrons. The number of aryl methyl sites for hydroxylation is 1. The van der Waals surface area contributed by atoms with Gasteiger partial charge < -0.3 is 5.32 Å². The summed E-state index contributed by atoms with van der Waals surface area (Å²) in [7, 11) is 0. The van der Waals surface area contributed by atoms with E-state index in [4.69, 9.17) is 0 Å². The van der Waals surface area contributed by atoms with Crippen molar-refractivity contribution in [1.82, 2.24) is 9.88 Å². The van der Waals surface area contributed by atoms with Gasteiger partial charge >= 0.3 is 0 Å². The fourth-order valence-corrected chi connectivity index (χ4v) is 4.35. The molecule has 0 saturated carbocycles. The molecule has 2 heterocycles. The predicted molar refractivity (Wildman–Crippen MR) is 125 cm³/mol. The number of thioether (sulfide) groups is 1. The van der Waals surface area contributed by atoms with Gasteiger partial charge in [-0.15, -0.1) is 11.8 Å². The van der Waals surface area contributed by atoms with Crippen LogP contribution >= 0.6 is 11.8 Å². The molecule has 7 heteroatoms. The lowest BCUT2D eigenvalue weighted by Crippen LogP contribution is -2.31. The normalized spacial score (nSPS) is 12.7. The molecule has 3 aromatic rings. The van der Waals surface area contributed by atoms with E-state index in [2.05, 4.69) is 10.3 Å². The van der Waals surface area contributed by atoms with E-state index >= 15 is 0 Å².